The van der Waals surface area contributed by atoms with Crippen LogP contribution in [0.25, 0.3) is 0 Å². The molecule has 1 aromatic carbocycles. The van der Waals surface area contributed by atoms with E-state index in [-0.39, 0.29) is 5.56 Å². The Bertz CT molecular complexity index is 440. The van der Waals surface area contributed by atoms with E-state index in [1.165, 1.54) is 0 Å². The molecule has 0 amide bonds. The molecule has 0 aliphatic heterocycles. The summed E-state index contributed by atoms with van der Waals surface area (Å²) in [4.78, 5) is 0. The fourth-order valence-corrected chi connectivity index (χ4v) is 1.18. The van der Waals surface area contributed by atoms with Crippen molar-refractivity contribution in [3.05, 3.63) is 35.1 Å². The minimum atomic E-state index is -4.67. The number of nitrogens with two attached hydrogens (primary N) is 1. The number of halogens is 4. The minimum absolute atomic E-state index is 0.229. The lowest BCUT2D eigenvalue weighted by Gasteiger charge is -2.07. The van der Waals surface area contributed by atoms with E-state index in [9.17, 15) is 17.6 Å². The SMILES string of the molecule is NCCCC#Cc1ccc(C(F)(F)F)c(F)c1. The number of unbranched alkanes of at least 4 members (excludes halogenated alkanes) is 1. The van der Waals surface area contributed by atoms with Crippen LogP contribution in [0.1, 0.15) is 24.0 Å². The van der Waals surface area contributed by atoms with Crippen LogP contribution in [0.5, 0.6) is 0 Å². The number of benzene rings is 1. The topological polar surface area (TPSA) is 26.0 Å². The van der Waals surface area contributed by atoms with Gasteiger partial charge in [-0.3, -0.25) is 0 Å². The largest absolute Gasteiger partial charge is 0.419 e. The Labute approximate surface area is 96.6 Å². The van der Waals surface area contributed by atoms with Crippen LogP contribution in [-0.4, -0.2) is 6.54 Å². The van der Waals surface area contributed by atoms with Crippen LogP contribution in [0.4, 0.5) is 17.6 Å². The summed E-state index contributed by atoms with van der Waals surface area (Å²) in [6.45, 7) is 0.496. The first-order valence-electron chi connectivity index (χ1n) is 5.01. The van der Waals surface area contributed by atoms with Gasteiger partial charge >= 0.3 is 6.18 Å². The van der Waals surface area contributed by atoms with Crippen LogP contribution < -0.4 is 5.73 Å². The number of hydrogen-bond acceptors (Lipinski definition) is 1. The van der Waals surface area contributed by atoms with Gasteiger partial charge in [0.25, 0.3) is 0 Å². The third kappa shape index (κ3) is 4.08. The maximum absolute atomic E-state index is 13.1. The van der Waals surface area contributed by atoms with Crippen molar-refractivity contribution in [1.29, 1.82) is 0 Å². The Morgan fingerprint density at radius 2 is 1.94 bits per heavy atom. The highest BCUT2D eigenvalue weighted by Crippen LogP contribution is 2.31. The van der Waals surface area contributed by atoms with Crippen LogP contribution >= 0.6 is 0 Å². The first-order chi connectivity index (χ1) is 7.95. The Morgan fingerprint density at radius 1 is 1.24 bits per heavy atom. The highest BCUT2D eigenvalue weighted by atomic mass is 19.4. The summed E-state index contributed by atoms with van der Waals surface area (Å²) >= 11 is 0. The molecule has 0 aromatic heterocycles. The van der Waals surface area contributed by atoms with Gasteiger partial charge in [-0.25, -0.2) is 4.39 Å². The van der Waals surface area contributed by atoms with Crippen molar-refractivity contribution in [1.82, 2.24) is 0 Å². The monoisotopic (exact) mass is 245 g/mol. The van der Waals surface area contributed by atoms with Gasteiger partial charge in [0.05, 0.1) is 5.56 Å². The molecule has 2 N–H and O–H groups in total. The lowest BCUT2D eigenvalue weighted by molar-refractivity contribution is -0.140. The van der Waals surface area contributed by atoms with Crippen molar-refractivity contribution in [2.75, 3.05) is 6.54 Å². The first kappa shape index (κ1) is 13.5. The van der Waals surface area contributed by atoms with Gasteiger partial charge in [0, 0.05) is 12.0 Å². The molecular formula is C12H11F4N. The summed E-state index contributed by atoms with van der Waals surface area (Å²) in [5.74, 6) is 3.99. The van der Waals surface area contributed by atoms with E-state index in [1.807, 2.05) is 0 Å². The van der Waals surface area contributed by atoms with Crippen molar-refractivity contribution >= 4 is 0 Å². The third-order valence-corrected chi connectivity index (χ3v) is 2.01. The molecule has 1 aromatic rings. The summed E-state index contributed by atoms with van der Waals surface area (Å²) in [5.41, 5.74) is 4.20. The average Bonchev–Trinajstić information content (AvgIpc) is 2.23. The van der Waals surface area contributed by atoms with E-state index >= 15 is 0 Å². The van der Waals surface area contributed by atoms with Gasteiger partial charge < -0.3 is 5.73 Å². The molecule has 5 heteroatoms. The molecule has 0 unspecified atom stereocenters. The van der Waals surface area contributed by atoms with Crippen LogP contribution in [0.3, 0.4) is 0 Å². The summed E-state index contributed by atoms with van der Waals surface area (Å²) in [6.07, 6.45) is -3.43. The van der Waals surface area contributed by atoms with Crippen LogP contribution in [0, 0.1) is 17.7 Å². The van der Waals surface area contributed by atoms with Gasteiger partial charge in [0.1, 0.15) is 5.82 Å². The normalized spacial score (nSPS) is 10.9. The second kappa shape index (κ2) is 5.69. The molecule has 0 saturated heterocycles. The highest BCUT2D eigenvalue weighted by molar-refractivity contribution is 5.37. The molecule has 0 spiro atoms. The molecule has 0 bridgehead atoms. The molecular weight excluding hydrogens is 234 g/mol. The van der Waals surface area contributed by atoms with E-state index in [0.717, 1.165) is 12.1 Å². The van der Waals surface area contributed by atoms with Crippen LogP contribution in [0.15, 0.2) is 18.2 Å². The highest BCUT2D eigenvalue weighted by Gasteiger charge is 2.33. The van der Waals surface area contributed by atoms with Crippen LogP contribution in [0.2, 0.25) is 0 Å². The van der Waals surface area contributed by atoms with Gasteiger partial charge in [-0.15, -0.1) is 0 Å². The second-order valence-electron chi connectivity index (χ2n) is 3.39. The Hall–Kier alpha value is -1.54. The number of alkyl halides is 3. The van der Waals surface area contributed by atoms with E-state index in [4.69, 9.17) is 5.73 Å². The van der Waals surface area contributed by atoms with Gasteiger partial charge in [-0.1, -0.05) is 11.8 Å². The molecule has 0 fully saturated rings. The zero-order chi connectivity index (χ0) is 12.9. The Morgan fingerprint density at radius 3 is 2.47 bits per heavy atom. The third-order valence-electron chi connectivity index (χ3n) is 2.01. The molecule has 0 aliphatic carbocycles. The number of rotatable bonds is 2. The summed E-state index contributed by atoms with van der Waals surface area (Å²) in [5, 5.41) is 0. The lowest BCUT2D eigenvalue weighted by atomic mass is 10.1. The Kier molecular flexibility index (Phi) is 4.53. The van der Waals surface area contributed by atoms with Crippen molar-refractivity contribution in [2.45, 2.75) is 19.0 Å². The smallest absolute Gasteiger partial charge is 0.330 e. The summed E-state index contributed by atoms with van der Waals surface area (Å²) < 4.78 is 49.8. The van der Waals surface area contributed by atoms with E-state index < -0.39 is 17.6 Å². The standard InChI is InChI=1S/C12H11F4N/c13-11-8-9(4-2-1-3-7-17)5-6-10(11)12(14,15)16/h5-6,8H,1,3,7,17H2. The predicted octanol–water partition coefficient (Wildman–Crippen LogP) is 2.93. The molecule has 0 saturated carbocycles. The maximum atomic E-state index is 13.1. The van der Waals surface area contributed by atoms with Gasteiger partial charge in [-0.05, 0) is 31.2 Å². The van der Waals surface area contributed by atoms with E-state index in [2.05, 4.69) is 11.8 Å². The average molecular weight is 245 g/mol. The predicted molar refractivity (Wildman–Crippen MR) is 56.6 cm³/mol. The maximum Gasteiger partial charge on any atom is 0.419 e. The van der Waals surface area contributed by atoms with E-state index in [1.54, 1.807) is 0 Å². The lowest BCUT2D eigenvalue weighted by Crippen LogP contribution is -2.07. The van der Waals surface area contributed by atoms with Crippen molar-refractivity contribution < 1.29 is 17.6 Å². The van der Waals surface area contributed by atoms with Crippen molar-refractivity contribution in [3.63, 3.8) is 0 Å². The molecule has 0 aliphatic rings. The fourth-order valence-electron chi connectivity index (χ4n) is 1.18. The second-order valence-corrected chi connectivity index (χ2v) is 3.39. The number of hydrogen-bond donors (Lipinski definition) is 1. The van der Waals surface area contributed by atoms with Crippen molar-refractivity contribution in [2.24, 2.45) is 5.73 Å². The Balaban J connectivity index is 2.85. The zero-order valence-corrected chi connectivity index (χ0v) is 8.94. The molecule has 1 nitrogen and oxygen atoms in total. The van der Waals surface area contributed by atoms with Crippen molar-refractivity contribution in [3.8, 4) is 11.8 Å². The molecule has 0 atom stereocenters. The summed E-state index contributed by atoms with van der Waals surface area (Å²) in [6, 6.07) is 2.64. The molecule has 1 rings (SSSR count). The molecule has 0 radical (unpaired) electrons. The van der Waals surface area contributed by atoms with E-state index in [0.29, 0.717) is 25.5 Å². The quantitative estimate of drug-likeness (QED) is 0.484. The molecule has 92 valence electrons. The molecule has 0 heterocycles. The first-order valence-corrected chi connectivity index (χ1v) is 5.01. The van der Waals surface area contributed by atoms with Gasteiger partial charge in [0.2, 0.25) is 0 Å². The van der Waals surface area contributed by atoms with Gasteiger partial charge in [-0.2, -0.15) is 13.2 Å². The zero-order valence-electron chi connectivity index (χ0n) is 8.94. The molecule has 17 heavy (non-hydrogen) atoms. The fraction of sp³-hybridized carbons (Fsp3) is 0.333. The summed E-state index contributed by atoms with van der Waals surface area (Å²) in [7, 11) is 0. The van der Waals surface area contributed by atoms with Gasteiger partial charge in [0.15, 0.2) is 0 Å². The minimum Gasteiger partial charge on any atom is -0.330 e. The van der Waals surface area contributed by atoms with Crippen LogP contribution in [-0.2, 0) is 6.18 Å².